The molecule has 0 heterocycles. The summed E-state index contributed by atoms with van der Waals surface area (Å²) in [4.78, 5) is 0. The van der Waals surface area contributed by atoms with Gasteiger partial charge in [0, 0.05) is 6.04 Å². The van der Waals surface area contributed by atoms with Crippen molar-refractivity contribution in [1.82, 2.24) is 5.32 Å². The van der Waals surface area contributed by atoms with E-state index in [0.29, 0.717) is 6.04 Å². The maximum Gasteiger partial charge on any atom is 0.121 e. The molecule has 0 bridgehead atoms. The second kappa shape index (κ2) is 7.28. The van der Waals surface area contributed by atoms with Gasteiger partial charge in [-0.05, 0) is 61.2 Å². The fraction of sp³-hybridized carbons (Fsp3) is 0.368. The number of rotatable bonds is 6. The molecule has 2 heteroatoms. The zero-order chi connectivity index (χ0) is 15.2. The van der Waals surface area contributed by atoms with Gasteiger partial charge in [0.25, 0.3) is 0 Å². The van der Waals surface area contributed by atoms with E-state index in [9.17, 15) is 0 Å². The minimum Gasteiger partial charge on any atom is -0.496 e. The molecule has 0 amide bonds. The summed E-state index contributed by atoms with van der Waals surface area (Å²) in [6, 6.07) is 15.7. The molecule has 2 rings (SSSR count). The van der Waals surface area contributed by atoms with Crippen LogP contribution in [-0.4, -0.2) is 19.7 Å². The SMILES string of the molecule is CCNC(C)Cc1ccc(-c2ccc(OC)c(C)c2)cc1. The molecule has 0 aliphatic rings. The van der Waals surface area contributed by atoms with Crippen LogP contribution in [0, 0.1) is 6.92 Å². The normalized spacial score (nSPS) is 12.2. The Balaban J connectivity index is 2.13. The molecule has 0 saturated carbocycles. The molecule has 2 nitrogen and oxygen atoms in total. The smallest absolute Gasteiger partial charge is 0.121 e. The molecule has 0 fully saturated rings. The number of ether oxygens (including phenoxy) is 1. The van der Waals surface area contributed by atoms with Crippen LogP contribution in [0.3, 0.4) is 0 Å². The highest BCUT2D eigenvalue weighted by Crippen LogP contribution is 2.26. The summed E-state index contributed by atoms with van der Waals surface area (Å²) in [5, 5.41) is 3.45. The fourth-order valence-corrected chi connectivity index (χ4v) is 2.67. The first-order valence-electron chi connectivity index (χ1n) is 7.61. The average Bonchev–Trinajstić information content (AvgIpc) is 2.48. The maximum absolute atomic E-state index is 5.31. The van der Waals surface area contributed by atoms with E-state index in [1.807, 2.05) is 6.07 Å². The zero-order valence-electron chi connectivity index (χ0n) is 13.4. The predicted octanol–water partition coefficient (Wildman–Crippen LogP) is 4.21. The summed E-state index contributed by atoms with van der Waals surface area (Å²) >= 11 is 0. The Morgan fingerprint density at radius 2 is 1.71 bits per heavy atom. The Labute approximate surface area is 128 Å². The maximum atomic E-state index is 5.31. The standard InChI is InChI=1S/C19H25NO/c1-5-20-15(3)13-16-6-8-17(9-7-16)18-10-11-19(21-4)14(2)12-18/h6-12,15,20H,5,13H2,1-4H3. The second-order valence-corrected chi connectivity index (χ2v) is 5.54. The van der Waals surface area contributed by atoms with Crippen molar-refractivity contribution in [2.24, 2.45) is 0 Å². The van der Waals surface area contributed by atoms with E-state index in [4.69, 9.17) is 4.74 Å². The van der Waals surface area contributed by atoms with Crippen molar-refractivity contribution < 1.29 is 4.74 Å². The highest BCUT2D eigenvalue weighted by Gasteiger charge is 2.04. The monoisotopic (exact) mass is 283 g/mol. The van der Waals surface area contributed by atoms with Crippen molar-refractivity contribution in [3.8, 4) is 16.9 Å². The van der Waals surface area contributed by atoms with Crippen LogP contribution in [0.25, 0.3) is 11.1 Å². The Kier molecular flexibility index (Phi) is 5.40. The van der Waals surface area contributed by atoms with Crippen molar-refractivity contribution in [2.75, 3.05) is 13.7 Å². The molecule has 2 aromatic rings. The molecule has 1 unspecified atom stereocenters. The molecule has 21 heavy (non-hydrogen) atoms. The lowest BCUT2D eigenvalue weighted by atomic mass is 9.99. The molecule has 1 atom stereocenters. The van der Waals surface area contributed by atoms with E-state index in [1.165, 1.54) is 22.3 Å². The first-order chi connectivity index (χ1) is 10.1. The van der Waals surface area contributed by atoms with E-state index in [1.54, 1.807) is 7.11 Å². The van der Waals surface area contributed by atoms with Gasteiger partial charge in [0.2, 0.25) is 0 Å². The van der Waals surface area contributed by atoms with Gasteiger partial charge in [-0.2, -0.15) is 0 Å². The van der Waals surface area contributed by atoms with Crippen LogP contribution in [0.1, 0.15) is 25.0 Å². The number of likely N-dealkylation sites (N-methyl/N-ethyl adjacent to an activating group) is 1. The molecule has 0 aromatic heterocycles. The molecule has 2 aromatic carbocycles. The molecule has 0 saturated heterocycles. The fourth-order valence-electron chi connectivity index (χ4n) is 2.67. The third-order valence-corrected chi connectivity index (χ3v) is 3.78. The summed E-state index contributed by atoms with van der Waals surface area (Å²) in [6.45, 7) is 7.47. The van der Waals surface area contributed by atoms with Gasteiger partial charge in [0.05, 0.1) is 7.11 Å². The lowest BCUT2D eigenvalue weighted by Crippen LogP contribution is -2.27. The van der Waals surface area contributed by atoms with Gasteiger partial charge >= 0.3 is 0 Å². The number of aryl methyl sites for hydroxylation is 1. The van der Waals surface area contributed by atoms with Crippen LogP contribution >= 0.6 is 0 Å². The van der Waals surface area contributed by atoms with Gasteiger partial charge in [-0.1, -0.05) is 37.3 Å². The summed E-state index contributed by atoms with van der Waals surface area (Å²) in [5.41, 5.74) is 5.03. The lowest BCUT2D eigenvalue weighted by molar-refractivity contribution is 0.412. The quantitative estimate of drug-likeness (QED) is 0.857. The van der Waals surface area contributed by atoms with Crippen LogP contribution in [0.15, 0.2) is 42.5 Å². The van der Waals surface area contributed by atoms with E-state index in [0.717, 1.165) is 18.7 Å². The Morgan fingerprint density at radius 1 is 1.05 bits per heavy atom. The molecule has 0 aliphatic heterocycles. The molecule has 0 spiro atoms. The van der Waals surface area contributed by atoms with Gasteiger partial charge in [0.15, 0.2) is 0 Å². The first kappa shape index (κ1) is 15.6. The Hall–Kier alpha value is -1.80. The van der Waals surface area contributed by atoms with E-state index in [2.05, 4.69) is 62.5 Å². The average molecular weight is 283 g/mol. The molecule has 112 valence electrons. The summed E-state index contributed by atoms with van der Waals surface area (Å²) in [7, 11) is 1.71. The van der Waals surface area contributed by atoms with E-state index < -0.39 is 0 Å². The van der Waals surface area contributed by atoms with Crippen LogP contribution < -0.4 is 10.1 Å². The molecular formula is C19H25NO. The lowest BCUT2D eigenvalue weighted by Gasteiger charge is -2.13. The first-order valence-corrected chi connectivity index (χ1v) is 7.61. The van der Waals surface area contributed by atoms with Crippen molar-refractivity contribution in [2.45, 2.75) is 33.2 Å². The van der Waals surface area contributed by atoms with Crippen LogP contribution in [0.4, 0.5) is 0 Å². The predicted molar refractivity (Wildman–Crippen MR) is 90.0 cm³/mol. The van der Waals surface area contributed by atoms with Gasteiger partial charge in [-0.3, -0.25) is 0 Å². The van der Waals surface area contributed by atoms with Crippen LogP contribution in [0.2, 0.25) is 0 Å². The Bertz CT molecular complexity index is 575. The van der Waals surface area contributed by atoms with Crippen molar-refractivity contribution in [3.63, 3.8) is 0 Å². The van der Waals surface area contributed by atoms with Gasteiger partial charge in [0.1, 0.15) is 5.75 Å². The minimum atomic E-state index is 0.518. The minimum absolute atomic E-state index is 0.518. The topological polar surface area (TPSA) is 21.3 Å². The van der Waals surface area contributed by atoms with Crippen molar-refractivity contribution in [3.05, 3.63) is 53.6 Å². The highest BCUT2D eigenvalue weighted by molar-refractivity contribution is 5.65. The van der Waals surface area contributed by atoms with Crippen molar-refractivity contribution in [1.29, 1.82) is 0 Å². The van der Waals surface area contributed by atoms with Gasteiger partial charge in [-0.15, -0.1) is 0 Å². The molecular weight excluding hydrogens is 258 g/mol. The summed E-state index contributed by atoms with van der Waals surface area (Å²) in [5.74, 6) is 0.940. The number of methoxy groups -OCH3 is 1. The number of nitrogens with one attached hydrogen (secondary N) is 1. The van der Waals surface area contributed by atoms with Crippen molar-refractivity contribution >= 4 is 0 Å². The van der Waals surface area contributed by atoms with E-state index in [-0.39, 0.29) is 0 Å². The number of hydrogen-bond donors (Lipinski definition) is 1. The third kappa shape index (κ3) is 4.08. The third-order valence-electron chi connectivity index (χ3n) is 3.78. The van der Waals surface area contributed by atoms with Crippen LogP contribution in [-0.2, 0) is 6.42 Å². The second-order valence-electron chi connectivity index (χ2n) is 5.54. The zero-order valence-corrected chi connectivity index (χ0v) is 13.4. The van der Waals surface area contributed by atoms with Crippen LogP contribution in [0.5, 0.6) is 5.75 Å². The largest absolute Gasteiger partial charge is 0.496 e. The number of benzene rings is 2. The highest BCUT2D eigenvalue weighted by atomic mass is 16.5. The van der Waals surface area contributed by atoms with Gasteiger partial charge in [-0.25, -0.2) is 0 Å². The van der Waals surface area contributed by atoms with Gasteiger partial charge < -0.3 is 10.1 Å². The molecule has 0 aliphatic carbocycles. The molecule has 1 N–H and O–H groups in total. The summed E-state index contributed by atoms with van der Waals surface area (Å²) < 4.78 is 5.31. The van der Waals surface area contributed by atoms with E-state index >= 15 is 0 Å². The molecule has 0 radical (unpaired) electrons. The summed E-state index contributed by atoms with van der Waals surface area (Å²) in [6.07, 6.45) is 1.07. The number of hydrogen-bond acceptors (Lipinski definition) is 2. The Morgan fingerprint density at radius 3 is 2.29 bits per heavy atom.